The molecule has 2 heterocycles. The van der Waals surface area contributed by atoms with Gasteiger partial charge in [-0.15, -0.1) is 0 Å². The van der Waals surface area contributed by atoms with Crippen molar-refractivity contribution in [1.82, 2.24) is 15.5 Å². The Morgan fingerprint density at radius 1 is 1.21 bits per heavy atom. The molecule has 28 heavy (non-hydrogen) atoms. The Bertz CT molecular complexity index is 848. The predicted molar refractivity (Wildman–Crippen MR) is 99.1 cm³/mol. The minimum absolute atomic E-state index is 0.185. The van der Waals surface area contributed by atoms with Gasteiger partial charge in [0.2, 0.25) is 17.7 Å². The number of carbonyl (C=O) groups excluding carboxylic acids is 5. The first-order chi connectivity index (χ1) is 13.4. The number of imide groups is 2. The van der Waals surface area contributed by atoms with Crippen LogP contribution in [-0.4, -0.2) is 40.5 Å². The third kappa shape index (κ3) is 4.11. The van der Waals surface area contributed by atoms with Crippen molar-refractivity contribution < 1.29 is 24.0 Å². The van der Waals surface area contributed by atoms with Gasteiger partial charge in [-0.1, -0.05) is 25.8 Å². The zero-order chi connectivity index (χ0) is 20.3. The van der Waals surface area contributed by atoms with Crippen molar-refractivity contribution in [2.24, 2.45) is 0 Å². The lowest BCUT2D eigenvalue weighted by atomic mass is 10.0. The molecule has 0 aromatic heterocycles. The average Bonchev–Trinajstić information content (AvgIpc) is 2.98. The van der Waals surface area contributed by atoms with Crippen LogP contribution in [0.2, 0.25) is 0 Å². The topological polar surface area (TPSA) is 113 Å². The molecule has 0 spiro atoms. The van der Waals surface area contributed by atoms with Crippen molar-refractivity contribution in [3.8, 4) is 0 Å². The van der Waals surface area contributed by atoms with Gasteiger partial charge in [0.15, 0.2) is 0 Å². The third-order valence-electron chi connectivity index (χ3n) is 5.05. The summed E-state index contributed by atoms with van der Waals surface area (Å²) in [5, 5.41) is 4.60. The van der Waals surface area contributed by atoms with E-state index in [9.17, 15) is 24.0 Å². The second kappa shape index (κ2) is 8.33. The number of carbonyl (C=O) groups is 5. The highest BCUT2D eigenvalue weighted by molar-refractivity contribution is 6.08. The van der Waals surface area contributed by atoms with Crippen LogP contribution in [-0.2, 0) is 20.9 Å². The summed E-state index contributed by atoms with van der Waals surface area (Å²) in [6.45, 7) is 2.28. The Labute approximate surface area is 162 Å². The van der Waals surface area contributed by atoms with E-state index in [4.69, 9.17) is 0 Å². The van der Waals surface area contributed by atoms with Gasteiger partial charge in [0.1, 0.15) is 6.04 Å². The molecular formula is C20H23N3O5. The minimum atomic E-state index is -0.699. The molecule has 3 rings (SSSR count). The van der Waals surface area contributed by atoms with Crippen LogP contribution in [0.15, 0.2) is 18.2 Å². The van der Waals surface area contributed by atoms with Gasteiger partial charge in [-0.25, -0.2) is 0 Å². The zero-order valence-corrected chi connectivity index (χ0v) is 15.7. The molecule has 1 aromatic carbocycles. The molecule has 1 fully saturated rings. The fourth-order valence-electron chi connectivity index (χ4n) is 3.49. The highest BCUT2D eigenvalue weighted by atomic mass is 16.2. The average molecular weight is 385 g/mol. The number of fused-ring (bicyclic) bond motifs is 1. The Balaban J connectivity index is 1.68. The van der Waals surface area contributed by atoms with Crippen molar-refractivity contribution in [2.75, 3.05) is 0 Å². The van der Waals surface area contributed by atoms with Gasteiger partial charge in [0.25, 0.3) is 11.8 Å². The van der Waals surface area contributed by atoms with E-state index in [1.807, 2.05) is 6.92 Å². The number of hydrogen-bond donors (Lipinski definition) is 2. The monoisotopic (exact) mass is 385 g/mol. The summed E-state index contributed by atoms with van der Waals surface area (Å²) in [6, 6.07) is 3.98. The van der Waals surface area contributed by atoms with Gasteiger partial charge in [0.05, 0.1) is 0 Å². The lowest BCUT2D eigenvalue weighted by Crippen LogP contribution is -2.52. The van der Waals surface area contributed by atoms with E-state index in [-0.39, 0.29) is 49.1 Å². The van der Waals surface area contributed by atoms with Gasteiger partial charge in [0, 0.05) is 30.5 Å². The standard InChI is InChI=1S/C20H23N3O5/c1-2-3-4-5-16(24)21-18(26)12-6-7-13-11-23(20(28)14(13)10-12)15-8-9-17(25)22-19(15)27/h6-7,10,15H,2-5,8-9,11H2,1H3,(H,21,24,26)(H,22,25,27). The van der Waals surface area contributed by atoms with Crippen molar-refractivity contribution in [3.63, 3.8) is 0 Å². The molecule has 2 aliphatic rings. The van der Waals surface area contributed by atoms with E-state index in [2.05, 4.69) is 10.6 Å². The first-order valence-electron chi connectivity index (χ1n) is 9.52. The molecule has 8 heteroatoms. The molecule has 148 valence electrons. The second-order valence-electron chi connectivity index (χ2n) is 7.11. The summed E-state index contributed by atoms with van der Waals surface area (Å²) in [6.07, 6.45) is 3.38. The first-order valence-corrected chi connectivity index (χ1v) is 9.52. The van der Waals surface area contributed by atoms with Gasteiger partial charge in [-0.2, -0.15) is 0 Å². The molecule has 1 unspecified atom stereocenters. The minimum Gasteiger partial charge on any atom is -0.322 e. The molecule has 1 atom stereocenters. The number of unbranched alkanes of at least 4 members (excludes halogenated alkanes) is 2. The van der Waals surface area contributed by atoms with Crippen LogP contribution in [0.1, 0.15) is 71.7 Å². The maximum atomic E-state index is 12.8. The molecular weight excluding hydrogens is 362 g/mol. The molecule has 2 aliphatic heterocycles. The largest absolute Gasteiger partial charge is 0.322 e. The van der Waals surface area contributed by atoms with Gasteiger partial charge in [-0.3, -0.25) is 34.6 Å². The number of hydrogen-bond acceptors (Lipinski definition) is 5. The number of rotatable bonds is 6. The molecule has 0 aliphatic carbocycles. The number of nitrogens with one attached hydrogen (secondary N) is 2. The van der Waals surface area contributed by atoms with Crippen molar-refractivity contribution in [3.05, 3.63) is 34.9 Å². The summed E-state index contributed by atoms with van der Waals surface area (Å²) in [5.74, 6) is -2.05. The Morgan fingerprint density at radius 2 is 2.00 bits per heavy atom. The van der Waals surface area contributed by atoms with Crippen LogP contribution in [0, 0.1) is 0 Å². The van der Waals surface area contributed by atoms with E-state index >= 15 is 0 Å². The molecule has 1 saturated heterocycles. The smallest absolute Gasteiger partial charge is 0.257 e. The second-order valence-corrected chi connectivity index (χ2v) is 7.11. The van der Waals surface area contributed by atoms with Gasteiger partial charge < -0.3 is 4.90 Å². The normalized spacial score (nSPS) is 18.7. The molecule has 0 saturated carbocycles. The van der Waals surface area contributed by atoms with Crippen LogP contribution in [0.4, 0.5) is 0 Å². The maximum absolute atomic E-state index is 12.8. The van der Waals surface area contributed by atoms with Crippen molar-refractivity contribution in [1.29, 1.82) is 0 Å². The lowest BCUT2D eigenvalue weighted by Gasteiger charge is -2.29. The Kier molecular flexibility index (Phi) is 5.87. The summed E-state index contributed by atoms with van der Waals surface area (Å²) >= 11 is 0. The van der Waals surface area contributed by atoms with Gasteiger partial charge in [-0.05, 0) is 30.5 Å². The fraction of sp³-hybridized carbons (Fsp3) is 0.450. The van der Waals surface area contributed by atoms with Crippen molar-refractivity contribution in [2.45, 2.75) is 58.0 Å². The quantitative estimate of drug-likeness (QED) is 0.566. The number of benzene rings is 1. The van der Waals surface area contributed by atoms with Crippen LogP contribution in [0.5, 0.6) is 0 Å². The number of piperidine rings is 1. The highest BCUT2D eigenvalue weighted by Gasteiger charge is 2.39. The third-order valence-corrected chi connectivity index (χ3v) is 5.05. The zero-order valence-electron chi connectivity index (χ0n) is 15.7. The maximum Gasteiger partial charge on any atom is 0.257 e. The summed E-state index contributed by atoms with van der Waals surface area (Å²) in [7, 11) is 0. The van der Waals surface area contributed by atoms with Crippen LogP contribution < -0.4 is 10.6 Å². The number of nitrogens with zero attached hydrogens (tertiary/aromatic N) is 1. The fourth-order valence-corrected chi connectivity index (χ4v) is 3.49. The van der Waals surface area contributed by atoms with E-state index in [0.29, 0.717) is 11.1 Å². The van der Waals surface area contributed by atoms with E-state index < -0.39 is 17.9 Å². The Hall–Kier alpha value is -3.03. The molecule has 0 bridgehead atoms. The molecule has 1 aromatic rings. The summed E-state index contributed by atoms with van der Waals surface area (Å²) in [5.41, 5.74) is 1.28. The molecule has 8 nitrogen and oxygen atoms in total. The van der Waals surface area contributed by atoms with Gasteiger partial charge >= 0.3 is 0 Å². The first kappa shape index (κ1) is 19.7. The van der Waals surface area contributed by atoms with Crippen LogP contribution in [0.3, 0.4) is 0 Å². The molecule has 0 radical (unpaired) electrons. The number of amides is 5. The van der Waals surface area contributed by atoms with E-state index in [1.54, 1.807) is 12.1 Å². The Morgan fingerprint density at radius 3 is 2.71 bits per heavy atom. The summed E-state index contributed by atoms with van der Waals surface area (Å²) in [4.78, 5) is 61.7. The molecule has 2 N–H and O–H groups in total. The molecule has 5 amide bonds. The lowest BCUT2D eigenvalue weighted by molar-refractivity contribution is -0.137. The summed E-state index contributed by atoms with van der Waals surface area (Å²) < 4.78 is 0. The van der Waals surface area contributed by atoms with Crippen LogP contribution in [0.25, 0.3) is 0 Å². The van der Waals surface area contributed by atoms with E-state index in [1.165, 1.54) is 11.0 Å². The SMILES string of the molecule is CCCCCC(=O)NC(=O)c1ccc2c(c1)C(=O)N(C1CCC(=O)NC1=O)C2. The van der Waals surface area contributed by atoms with Crippen molar-refractivity contribution >= 4 is 29.5 Å². The van der Waals surface area contributed by atoms with E-state index in [0.717, 1.165) is 19.3 Å². The predicted octanol–water partition coefficient (Wildman–Crippen LogP) is 1.28. The highest BCUT2D eigenvalue weighted by Crippen LogP contribution is 2.28. The van der Waals surface area contributed by atoms with Crippen LogP contribution >= 0.6 is 0 Å².